The molecule has 2 fully saturated rings. The number of benzene rings is 1. The van der Waals surface area contributed by atoms with Crippen LogP contribution in [0.5, 0.6) is 5.75 Å². The fourth-order valence-corrected chi connectivity index (χ4v) is 5.00. The second-order valence-corrected chi connectivity index (χ2v) is 12.4. The molecular weight excluding hydrogens is 514 g/mol. The van der Waals surface area contributed by atoms with Crippen LogP contribution in [0.2, 0.25) is 5.02 Å². The lowest BCUT2D eigenvalue weighted by Crippen LogP contribution is -2.28. The van der Waals surface area contributed by atoms with Gasteiger partial charge in [0.1, 0.15) is 10.8 Å². The van der Waals surface area contributed by atoms with Gasteiger partial charge < -0.3 is 26.0 Å². The van der Waals surface area contributed by atoms with Gasteiger partial charge in [-0.1, -0.05) is 17.7 Å². The Morgan fingerprint density at radius 2 is 1.97 bits per heavy atom. The zero-order chi connectivity index (χ0) is 26.6. The average Bonchev–Trinajstić information content (AvgIpc) is 3.70. The van der Waals surface area contributed by atoms with Gasteiger partial charge in [-0.05, 0) is 76.2 Å². The number of hydrogen-bond donors (Lipinski definition) is 5. The van der Waals surface area contributed by atoms with Gasteiger partial charge in [0.05, 0.1) is 28.9 Å². The summed E-state index contributed by atoms with van der Waals surface area (Å²) in [7, 11) is -2.21. The van der Waals surface area contributed by atoms with Crippen molar-refractivity contribution in [3.63, 3.8) is 0 Å². The highest BCUT2D eigenvalue weighted by Gasteiger charge is 2.28. The Hall–Kier alpha value is -2.89. The Labute approximate surface area is 223 Å². The summed E-state index contributed by atoms with van der Waals surface area (Å²) in [6, 6.07) is 6.20. The molecule has 4 rings (SSSR count). The molecule has 2 heterocycles. The molecular formula is C25H34ClN7O3S. The Morgan fingerprint density at radius 1 is 1.24 bits per heavy atom. The van der Waals surface area contributed by atoms with Gasteiger partial charge >= 0.3 is 0 Å². The van der Waals surface area contributed by atoms with Crippen LogP contribution in [0.15, 0.2) is 36.3 Å². The second kappa shape index (κ2) is 11.7. The Bertz CT molecular complexity index is 1270. The van der Waals surface area contributed by atoms with E-state index in [0.717, 1.165) is 50.2 Å². The molecule has 1 aromatic heterocycles. The van der Waals surface area contributed by atoms with Crippen LogP contribution >= 0.6 is 11.6 Å². The van der Waals surface area contributed by atoms with E-state index in [9.17, 15) is 8.42 Å². The van der Waals surface area contributed by atoms with Gasteiger partial charge in [0.25, 0.3) is 0 Å². The topological polar surface area (TPSA) is 141 Å². The highest BCUT2D eigenvalue weighted by molar-refractivity contribution is 8.07. The van der Waals surface area contributed by atoms with Gasteiger partial charge in [-0.15, -0.1) is 0 Å². The second-order valence-electron chi connectivity index (χ2n) is 9.51. The summed E-state index contributed by atoms with van der Waals surface area (Å²) in [5, 5.41) is 19.4. The van der Waals surface area contributed by atoms with Crippen LogP contribution in [0.3, 0.4) is 0 Å². The number of nitrogens with zero attached hydrogens (tertiary/aromatic N) is 2. The molecule has 1 aromatic carbocycles. The molecule has 37 heavy (non-hydrogen) atoms. The van der Waals surface area contributed by atoms with Gasteiger partial charge in [-0.25, -0.2) is 13.4 Å². The molecule has 0 spiro atoms. The highest BCUT2D eigenvalue weighted by atomic mass is 35.5. The van der Waals surface area contributed by atoms with Crippen LogP contribution in [-0.4, -0.2) is 54.9 Å². The molecule has 0 unspecified atom stereocenters. The van der Waals surface area contributed by atoms with E-state index in [1.807, 2.05) is 6.07 Å². The monoisotopic (exact) mass is 547 g/mol. The van der Waals surface area contributed by atoms with Crippen molar-refractivity contribution < 1.29 is 13.2 Å². The molecule has 0 amide bonds. The summed E-state index contributed by atoms with van der Waals surface area (Å²) >= 11 is 6.33. The molecule has 0 atom stereocenters. The number of hydrogen-bond acceptors (Lipinski definition) is 10. The fourth-order valence-electron chi connectivity index (χ4n) is 3.97. The molecule has 1 aliphatic heterocycles. The van der Waals surface area contributed by atoms with E-state index in [1.54, 1.807) is 7.05 Å². The number of piperidine rings is 1. The lowest BCUT2D eigenvalue weighted by atomic mass is 9.90. The highest BCUT2D eigenvalue weighted by Crippen LogP contribution is 2.37. The van der Waals surface area contributed by atoms with E-state index in [-0.39, 0.29) is 28.6 Å². The number of anilines is 3. The van der Waals surface area contributed by atoms with Crippen molar-refractivity contribution in [1.82, 2.24) is 20.6 Å². The van der Waals surface area contributed by atoms with E-state index in [0.29, 0.717) is 5.92 Å². The Morgan fingerprint density at radius 3 is 2.62 bits per heavy atom. The predicted octanol–water partition coefficient (Wildman–Crippen LogP) is 4.15. The number of sulfone groups is 1. The predicted molar refractivity (Wildman–Crippen MR) is 148 cm³/mol. The molecule has 12 heteroatoms. The van der Waals surface area contributed by atoms with Crippen LogP contribution in [0, 0.1) is 5.41 Å². The smallest absolute Gasteiger partial charge is 0.229 e. The number of aromatic nitrogens is 2. The quantitative estimate of drug-likeness (QED) is 0.219. The number of nitrogens with one attached hydrogen (secondary N) is 5. The third-order valence-corrected chi connectivity index (χ3v) is 8.62. The maximum atomic E-state index is 12.6. The van der Waals surface area contributed by atoms with E-state index in [4.69, 9.17) is 21.7 Å². The molecule has 2 aromatic rings. The first-order valence-corrected chi connectivity index (χ1v) is 14.4. The minimum atomic E-state index is -3.82. The molecule has 2 aliphatic rings. The van der Waals surface area contributed by atoms with E-state index < -0.39 is 20.1 Å². The third kappa shape index (κ3) is 6.71. The zero-order valence-corrected chi connectivity index (χ0v) is 22.8. The van der Waals surface area contributed by atoms with Crippen LogP contribution < -0.4 is 26.0 Å². The van der Waals surface area contributed by atoms with E-state index >= 15 is 0 Å². The molecule has 0 bridgehead atoms. The van der Waals surface area contributed by atoms with Crippen LogP contribution in [0.4, 0.5) is 17.5 Å². The minimum Gasteiger partial charge on any atom is -0.488 e. The van der Waals surface area contributed by atoms with Crippen LogP contribution in [0.25, 0.3) is 0 Å². The first-order chi connectivity index (χ1) is 17.7. The van der Waals surface area contributed by atoms with Crippen molar-refractivity contribution in [2.75, 3.05) is 30.8 Å². The third-order valence-electron chi connectivity index (χ3n) is 6.32. The zero-order valence-electron chi connectivity index (χ0n) is 21.3. The number of ether oxygens (including phenoxy) is 1. The number of rotatable bonds is 10. The fraction of sp³-hybridized carbons (Fsp3) is 0.480. The lowest BCUT2D eigenvalue weighted by molar-refractivity contribution is 0.304. The lowest BCUT2D eigenvalue weighted by Gasteiger charge is -2.24. The molecule has 10 nitrogen and oxygen atoms in total. The maximum Gasteiger partial charge on any atom is 0.229 e. The van der Waals surface area contributed by atoms with Crippen molar-refractivity contribution >= 4 is 43.9 Å². The summed E-state index contributed by atoms with van der Waals surface area (Å²) in [5.41, 5.74) is 2.01. The summed E-state index contributed by atoms with van der Waals surface area (Å²) in [6.07, 6.45) is 7.28. The normalized spacial score (nSPS) is 16.9. The molecule has 1 saturated carbocycles. The van der Waals surface area contributed by atoms with Crippen molar-refractivity contribution in [3.05, 3.63) is 46.9 Å². The first-order valence-electron chi connectivity index (χ1n) is 12.5. The van der Waals surface area contributed by atoms with Crippen LogP contribution in [-0.2, 0) is 9.84 Å². The SMILES string of the molecule is CN/C=C(/Nc1nc(Nc2ccc(C3CCNCC3)cc2OC2CC2)ncc1Cl)C(=N)S(=O)(=O)C(C)C. The summed E-state index contributed by atoms with van der Waals surface area (Å²) in [5.74, 6) is 1.67. The number of halogens is 1. The summed E-state index contributed by atoms with van der Waals surface area (Å²) < 4.78 is 31.4. The maximum absolute atomic E-state index is 12.6. The van der Waals surface area contributed by atoms with E-state index in [1.165, 1.54) is 31.8 Å². The molecule has 5 N–H and O–H groups in total. The van der Waals surface area contributed by atoms with Gasteiger partial charge in [0.15, 0.2) is 20.7 Å². The minimum absolute atomic E-state index is 0.0202. The van der Waals surface area contributed by atoms with Crippen molar-refractivity contribution in [3.8, 4) is 5.75 Å². The van der Waals surface area contributed by atoms with Gasteiger partial charge in [0, 0.05) is 13.2 Å². The Kier molecular flexibility index (Phi) is 8.56. The first kappa shape index (κ1) is 27.2. The van der Waals surface area contributed by atoms with Gasteiger partial charge in [-0.3, -0.25) is 5.41 Å². The molecule has 0 radical (unpaired) electrons. The van der Waals surface area contributed by atoms with Crippen molar-refractivity contribution in [1.29, 1.82) is 5.41 Å². The molecule has 1 saturated heterocycles. The van der Waals surface area contributed by atoms with Crippen molar-refractivity contribution in [2.45, 2.75) is 56.8 Å². The largest absolute Gasteiger partial charge is 0.488 e. The standard InChI is InChI=1S/C25H34ClN7O3S/c1-15(2)37(34,35)23(27)21(14-28-3)31-24-19(26)13-30-25(33-24)32-20-7-4-17(16-8-10-29-11-9-16)12-22(20)36-18-5-6-18/h4,7,12-16,18,27-29H,5-6,8-11H2,1-3H3,(H2,30,31,32,33)/b21-14+,27-23?. The summed E-state index contributed by atoms with van der Waals surface area (Å²) in [4.78, 5) is 8.75. The average molecular weight is 548 g/mol. The van der Waals surface area contributed by atoms with Gasteiger partial charge in [-0.2, -0.15) is 4.98 Å². The van der Waals surface area contributed by atoms with Crippen molar-refractivity contribution in [2.24, 2.45) is 0 Å². The van der Waals surface area contributed by atoms with E-state index in [2.05, 4.69) is 43.4 Å². The Balaban J connectivity index is 1.58. The molecule has 1 aliphatic carbocycles. The van der Waals surface area contributed by atoms with Gasteiger partial charge in [0.2, 0.25) is 5.95 Å². The molecule has 200 valence electrons. The summed E-state index contributed by atoms with van der Waals surface area (Å²) in [6.45, 7) is 5.08. The van der Waals surface area contributed by atoms with Crippen LogP contribution in [0.1, 0.15) is 51.0 Å².